The Morgan fingerprint density at radius 1 is 1.65 bits per heavy atom. The third kappa shape index (κ3) is 2.82. The van der Waals surface area contributed by atoms with E-state index in [9.17, 15) is 4.79 Å². The number of amides is 1. The molecule has 0 aliphatic carbocycles. The lowest BCUT2D eigenvalue weighted by atomic mass is 10.1. The second-order valence-corrected chi connectivity index (χ2v) is 4.58. The highest BCUT2D eigenvalue weighted by molar-refractivity contribution is 5.79. The van der Waals surface area contributed by atoms with Crippen LogP contribution >= 0.6 is 0 Å². The van der Waals surface area contributed by atoms with E-state index >= 15 is 0 Å². The number of piperazine rings is 1. The normalized spacial score (nSPS) is 20.4. The van der Waals surface area contributed by atoms with Crippen LogP contribution in [0.3, 0.4) is 0 Å². The van der Waals surface area contributed by atoms with Gasteiger partial charge in [-0.05, 0) is 25.5 Å². The molecule has 17 heavy (non-hydrogen) atoms. The summed E-state index contributed by atoms with van der Waals surface area (Å²) in [6, 6.07) is 4.17. The van der Waals surface area contributed by atoms with Gasteiger partial charge in [0.05, 0.1) is 12.1 Å². The van der Waals surface area contributed by atoms with E-state index in [2.05, 4.69) is 17.2 Å². The van der Waals surface area contributed by atoms with Gasteiger partial charge in [-0.3, -0.25) is 9.78 Å². The zero-order valence-corrected chi connectivity index (χ0v) is 10.4. The minimum atomic E-state index is 0.181. The Bertz CT molecular complexity index is 405. The summed E-state index contributed by atoms with van der Waals surface area (Å²) in [6.07, 6.45) is 2.16. The summed E-state index contributed by atoms with van der Waals surface area (Å²) in [5.41, 5.74) is 1.98. The van der Waals surface area contributed by atoms with Crippen molar-refractivity contribution in [1.82, 2.24) is 15.2 Å². The second kappa shape index (κ2) is 5.27. The van der Waals surface area contributed by atoms with E-state index in [1.54, 1.807) is 6.20 Å². The van der Waals surface area contributed by atoms with E-state index in [-0.39, 0.29) is 11.9 Å². The molecule has 0 spiro atoms. The van der Waals surface area contributed by atoms with Crippen LogP contribution in [0.4, 0.5) is 0 Å². The van der Waals surface area contributed by atoms with Crippen LogP contribution in [0.1, 0.15) is 18.2 Å². The highest BCUT2D eigenvalue weighted by atomic mass is 16.2. The Labute approximate surface area is 102 Å². The molecule has 1 aliphatic heterocycles. The number of aromatic nitrogens is 1. The van der Waals surface area contributed by atoms with E-state index in [4.69, 9.17) is 0 Å². The van der Waals surface area contributed by atoms with Crippen LogP contribution in [0.2, 0.25) is 0 Å². The van der Waals surface area contributed by atoms with Gasteiger partial charge in [-0.15, -0.1) is 0 Å². The fraction of sp³-hybridized carbons (Fsp3) is 0.538. The molecule has 2 heterocycles. The molecule has 1 aromatic rings. The van der Waals surface area contributed by atoms with Gasteiger partial charge in [-0.25, -0.2) is 0 Å². The third-order valence-electron chi connectivity index (χ3n) is 3.26. The lowest BCUT2D eigenvalue weighted by Gasteiger charge is -2.34. The predicted molar refractivity (Wildman–Crippen MR) is 66.7 cm³/mol. The monoisotopic (exact) mass is 233 g/mol. The minimum absolute atomic E-state index is 0.181. The molecule has 1 fully saturated rings. The average molecular weight is 233 g/mol. The Kier molecular flexibility index (Phi) is 3.74. The topological polar surface area (TPSA) is 45.2 Å². The van der Waals surface area contributed by atoms with Crippen molar-refractivity contribution in [2.45, 2.75) is 26.3 Å². The van der Waals surface area contributed by atoms with Crippen LogP contribution in [-0.2, 0) is 11.2 Å². The van der Waals surface area contributed by atoms with Gasteiger partial charge in [-0.2, -0.15) is 0 Å². The summed E-state index contributed by atoms with van der Waals surface area (Å²) in [6.45, 7) is 6.64. The maximum Gasteiger partial charge on any atom is 0.228 e. The van der Waals surface area contributed by atoms with Crippen molar-refractivity contribution < 1.29 is 4.79 Å². The van der Waals surface area contributed by atoms with Crippen LogP contribution in [0.15, 0.2) is 18.3 Å². The molecule has 1 saturated heterocycles. The van der Waals surface area contributed by atoms with E-state index in [0.29, 0.717) is 6.42 Å². The molecule has 1 amide bonds. The minimum Gasteiger partial charge on any atom is -0.337 e. The highest BCUT2D eigenvalue weighted by Gasteiger charge is 2.23. The molecule has 92 valence electrons. The molecule has 1 aliphatic rings. The first-order valence-electron chi connectivity index (χ1n) is 6.09. The van der Waals surface area contributed by atoms with Crippen LogP contribution < -0.4 is 5.32 Å². The van der Waals surface area contributed by atoms with Crippen molar-refractivity contribution in [1.29, 1.82) is 0 Å². The van der Waals surface area contributed by atoms with Crippen LogP contribution in [0.5, 0.6) is 0 Å². The van der Waals surface area contributed by atoms with Crippen molar-refractivity contribution in [3.63, 3.8) is 0 Å². The summed E-state index contributed by atoms with van der Waals surface area (Å²) in [5, 5.41) is 3.29. The number of carbonyl (C=O) groups excluding carboxylic acids is 1. The molecule has 0 bridgehead atoms. The molecule has 2 rings (SSSR count). The molecule has 1 atom stereocenters. The molecule has 4 nitrogen and oxygen atoms in total. The number of rotatable bonds is 2. The Hall–Kier alpha value is -1.42. The molecule has 0 saturated carbocycles. The zero-order valence-electron chi connectivity index (χ0n) is 10.4. The number of nitrogens with zero attached hydrogens (tertiary/aromatic N) is 2. The van der Waals surface area contributed by atoms with Crippen LogP contribution in [0, 0.1) is 6.92 Å². The number of hydrogen-bond acceptors (Lipinski definition) is 3. The maximum atomic E-state index is 12.2. The lowest BCUT2D eigenvalue weighted by molar-refractivity contribution is -0.133. The van der Waals surface area contributed by atoms with Crippen molar-refractivity contribution >= 4 is 5.91 Å². The Morgan fingerprint density at radius 2 is 2.47 bits per heavy atom. The molecular weight excluding hydrogens is 214 g/mol. The van der Waals surface area contributed by atoms with Crippen LogP contribution in [-0.4, -0.2) is 41.5 Å². The van der Waals surface area contributed by atoms with Gasteiger partial charge in [0, 0.05) is 31.9 Å². The first-order valence-corrected chi connectivity index (χ1v) is 6.09. The van der Waals surface area contributed by atoms with Gasteiger partial charge in [0.1, 0.15) is 0 Å². The van der Waals surface area contributed by atoms with Gasteiger partial charge < -0.3 is 10.2 Å². The zero-order chi connectivity index (χ0) is 12.3. The van der Waals surface area contributed by atoms with Gasteiger partial charge >= 0.3 is 0 Å². The third-order valence-corrected chi connectivity index (χ3v) is 3.26. The average Bonchev–Trinajstić information content (AvgIpc) is 2.32. The number of carbonyl (C=O) groups is 1. The molecule has 1 N–H and O–H groups in total. The fourth-order valence-corrected chi connectivity index (χ4v) is 2.16. The fourth-order valence-electron chi connectivity index (χ4n) is 2.16. The summed E-state index contributed by atoms with van der Waals surface area (Å²) >= 11 is 0. The summed E-state index contributed by atoms with van der Waals surface area (Å²) in [7, 11) is 0. The largest absolute Gasteiger partial charge is 0.337 e. The summed E-state index contributed by atoms with van der Waals surface area (Å²) in [4.78, 5) is 18.4. The molecule has 0 radical (unpaired) electrons. The van der Waals surface area contributed by atoms with Gasteiger partial charge in [-0.1, -0.05) is 6.07 Å². The smallest absolute Gasteiger partial charge is 0.228 e. The molecule has 1 aromatic heterocycles. The Morgan fingerprint density at radius 3 is 3.18 bits per heavy atom. The number of hydrogen-bond donors (Lipinski definition) is 1. The van der Waals surface area contributed by atoms with E-state index < -0.39 is 0 Å². The quantitative estimate of drug-likeness (QED) is 0.820. The van der Waals surface area contributed by atoms with E-state index in [1.807, 2.05) is 24.0 Å². The molecule has 0 aromatic carbocycles. The van der Waals surface area contributed by atoms with Gasteiger partial charge in [0.25, 0.3) is 0 Å². The number of aryl methyl sites for hydroxylation is 1. The SMILES string of the molecule is Cc1cccnc1CC(=O)N1CCNC[C@@H]1C. The van der Waals surface area contributed by atoms with Crippen molar-refractivity contribution in [2.75, 3.05) is 19.6 Å². The summed E-state index contributed by atoms with van der Waals surface area (Å²) in [5.74, 6) is 0.181. The van der Waals surface area contributed by atoms with Gasteiger partial charge in [0.2, 0.25) is 5.91 Å². The standard InChI is InChI=1S/C13H19N3O/c1-10-4-3-5-15-12(10)8-13(17)16-7-6-14-9-11(16)2/h3-5,11,14H,6-9H2,1-2H3/t11-/m0/s1. The summed E-state index contributed by atoms with van der Waals surface area (Å²) < 4.78 is 0. The van der Waals surface area contributed by atoms with E-state index in [1.165, 1.54) is 0 Å². The number of nitrogens with one attached hydrogen (secondary N) is 1. The first kappa shape index (κ1) is 12.0. The van der Waals surface area contributed by atoms with Crippen molar-refractivity contribution in [2.24, 2.45) is 0 Å². The molecule has 0 unspecified atom stereocenters. The maximum absolute atomic E-state index is 12.2. The number of pyridine rings is 1. The van der Waals surface area contributed by atoms with Crippen molar-refractivity contribution in [3.05, 3.63) is 29.6 Å². The molecule has 4 heteroatoms. The molecular formula is C13H19N3O. The van der Waals surface area contributed by atoms with Crippen molar-refractivity contribution in [3.8, 4) is 0 Å². The first-order chi connectivity index (χ1) is 8.18. The van der Waals surface area contributed by atoms with Crippen LogP contribution in [0.25, 0.3) is 0 Å². The van der Waals surface area contributed by atoms with Gasteiger partial charge in [0.15, 0.2) is 0 Å². The lowest BCUT2D eigenvalue weighted by Crippen LogP contribution is -2.52. The predicted octanol–water partition coefficient (Wildman–Crippen LogP) is 0.753. The second-order valence-electron chi connectivity index (χ2n) is 4.58. The highest BCUT2D eigenvalue weighted by Crippen LogP contribution is 2.09. The Balaban J connectivity index is 2.03. The van der Waals surface area contributed by atoms with E-state index in [0.717, 1.165) is 30.9 Å².